The number of carbonyl (C=O) groups excluding carboxylic acids is 1. The van der Waals surface area contributed by atoms with Gasteiger partial charge in [-0.25, -0.2) is 4.79 Å². The molecule has 0 bridgehead atoms. The highest BCUT2D eigenvalue weighted by atomic mass is 16.5. The summed E-state index contributed by atoms with van der Waals surface area (Å²) >= 11 is 0. The number of esters is 1. The number of rotatable bonds is 6. The monoisotopic (exact) mass is 408 g/mol. The maximum Gasteiger partial charge on any atom is 0.343 e. The van der Waals surface area contributed by atoms with Crippen LogP contribution in [0.4, 0.5) is 0 Å². The maximum atomic E-state index is 12.8. The number of nitrogens with zero attached hydrogens (tertiary/aromatic N) is 2. The van der Waals surface area contributed by atoms with Crippen LogP contribution in [0.3, 0.4) is 0 Å². The van der Waals surface area contributed by atoms with E-state index in [-0.39, 0.29) is 0 Å². The second-order valence-corrected chi connectivity index (χ2v) is 6.97. The van der Waals surface area contributed by atoms with Crippen molar-refractivity contribution in [1.82, 2.24) is 9.88 Å². The van der Waals surface area contributed by atoms with E-state index in [1.165, 1.54) is 7.11 Å². The van der Waals surface area contributed by atoms with Crippen LogP contribution in [-0.4, -0.2) is 56.4 Å². The summed E-state index contributed by atoms with van der Waals surface area (Å²) < 4.78 is 21.6. The number of carbonyl (C=O) groups is 1. The van der Waals surface area contributed by atoms with Gasteiger partial charge in [-0.15, -0.1) is 0 Å². The molecule has 30 heavy (non-hydrogen) atoms. The van der Waals surface area contributed by atoms with Crippen molar-refractivity contribution >= 4 is 16.9 Å². The standard InChI is InChI=1S/C23H24N2O5/c1-27-19-7-5-16(14-21(19)28-2)23(26)30-20-8-6-17(15-25-10-12-29-13-11-25)18-4-3-9-24-22(18)20/h3-9,14H,10-13,15H2,1-2H3. The Balaban J connectivity index is 1.60. The van der Waals surface area contributed by atoms with Crippen molar-refractivity contribution in [3.05, 3.63) is 59.8 Å². The van der Waals surface area contributed by atoms with Crippen LogP contribution in [0, 0.1) is 0 Å². The zero-order valence-electron chi connectivity index (χ0n) is 17.1. The summed E-state index contributed by atoms with van der Waals surface area (Å²) in [5, 5.41) is 0.974. The van der Waals surface area contributed by atoms with Crippen LogP contribution in [0.1, 0.15) is 15.9 Å². The molecule has 1 fully saturated rings. The number of fused-ring (bicyclic) bond motifs is 1. The van der Waals surface area contributed by atoms with Crippen molar-refractivity contribution in [2.45, 2.75) is 6.54 Å². The molecule has 0 amide bonds. The first-order valence-corrected chi connectivity index (χ1v) is 9.80. The summed E-state index contributed by atoms with van der Waals surface area (Å²) in [7, 11) is 3.07. The molecule has 0 saturated carbocycles. The Morgan fingerprint density at radius 3 is 2.57 bits per heavy atom. The lowest BCUT2D eigenvalue weighted by atomic mass is 10.1. The third kappa shape index (κ3) is 4.22. The van der Waals surface area contributed by atoms with E-state index in [1.54, 1.807) is 31.5 Å². The highest BCUT2D eigenvalue weighted by Crippen LogP contribution is 2.30. The van der Waals surface area contributed by atoms with E-state index >= 15 is 0 Å². The van der Waals surface area contributed by atoms with Crippen LogP contribution in [0.2, 0.25) is 0 Å². The molecular formula is C23H24N2O5. The SMILES string of the molecule is COc1ccc(C(=O)Oc2ccc(CN3CCOCC3)c3cccnc23)cc1OC. The quantitative estimate of drug-likeness (QED) is 0.458. The molecule has 1 saturated heterocycles. The zero-order chi connectivity index (χ0) is 20.9. The molecule has 1 aliphatic rings. The number of ether oxygens (including phenoxy) is 4. The van der Waals surface area contributed by atoms with E-state index in [1.807, 2.05) is 24.3 Å². The molecule has 156 valence electrons. The molecule has 0 radical (unpaired) electrons. The molecule has 2 aromatic carbocycles. The molecular weight excluding hydrogens is 384 g/mol. The van der Waals surface area contributed by atoms with E-state index < -0.39 is 5.97 Å². The van der Waals surface area contributed by atoms with Crippen molar-refractivity contribution in [2.75, 3.05) is 40.5 Å². The van der Waals surface area contributed by atoms with Gasteiger partial charge < -0.3 is 18.9 Å². The maximum absolute atomic E-state index is 12.8. The van der Waals surface area contributed by atoms with Gasteiger partial charge in [-0.1, -0.05) is 12.1 Å². The molecule has 3 aromatic rings. The topological polar surface area (TPSA) is 70.1 Å². The summed E-state index contributed by atoms with van der Waals surface area (Å²) in [6.07, 6.45) is 1.70. The minimum atomic E-state index is -0.483. The van der Waals surface area contributed by atoms with Gasteiger partial charge in [0.25, 0.3) is 0 Å². The minimum Gasteiger partial charge on any atom is -0.493 e. The summed E-state index contributed by atoms with van der Waals surface area (Å²) in [5.41, 5.74) is 2.18. The van der Waals surface area contributed by atoms with E-state index in [2.05, 4.69) is 9.88 Å². The van der Waals surface area contributed by atoms with Gasteiger partial charge in [-0.05, 0) is 35.9 Å². The normalized spacial score (nSPS) is 14.5. The lowest BCUT2D eigenvalue weighted by Crippen LogP contribution is -2.35. The summed E-state index contributed by atoms with van der Waals surface area (Å²) in [6.45, 7) is 4.10. The second-order valence-electron chi connectivity index (χ2n) is 6.97. The Hall–Kier alpha value is -3.16. The van der Waals surface area contributed by atoms with Gasteiger partial charge in [0.05, 0.1) is 33.0 Å². The molecule has 0 spiro atoms. The summed E-state index contributed by atoms with van der Waals surface area (Å²) in [4.78, 5) is 19.6. The van der Waals surface area contributed by atoms with Crippen molar-refractivity contribution in [1.29, 1.82) is 0 Å². The fourth-order valence-electron chi connectivity index (χ4n) is 3.55. The molecule has 0 atom stereocenters. The number of morpholine rings is 1. The number of benzene rings is 2. The fourth-order valence-corrected chi connectivity index (χ4v) is 3.55. The first kappa shape index (κ1) is 20.1. The van der Waals surface area contributed by atoms with Crippen LogP contribution in [-0.2, 0) is 11.3 Å². The Bertz CT molecular complexity index is 1050. The predicted octanol–water partition coefficient (Wildman–Crippen LogP) is 3.30. The van der Waals surface area contributed by atoms with E-state index in [0.29, 0.717) is 28.3 Å². The van der Waals surface area contributed by atoms with Crippen molar-refractivity contribution in [3.63, 3.8) is 0 Å². The van der Waals surface area contributed by atoms with Crippen molar-refractivity contribution in [2.24, 2.45) is 0 Å². The Morgan fingerprint density at radius 2 is 1.80 bits per heavy atom. The van der Waals surface area contributed by atoms with E-state index in [9.17, 15) is 4.79 Å². The van der Waals surface area contributed by atoms with Crippen LogP contribution < -0.4 is 14.2 Å². The largest absolute Gasteiger partial charge is 0.493 e. The molecule has 1 aromatic heterocycles. The summed E-state index contributed by atoms with van der Waals surface area (Å²) in [5.74, 6) is 0.962. The molecule has 4 rings (SSSR count). The van der Waals surface area contributed by atoms with E-state index in [0.717, 1.165) is 43.8 Å². The Morgan fingerprint density at radius 1 is 1.03 bits per heavy atom. The zero-order valence-corrected chi connectivity index (χ0v) is 17.1. The lowest BCUT2D eigenvalue weighted by Gasteiger charge is -2.27. The van der Waals surface area contributed by atoms with Gasteiger partial charge in [0.1, 0.15) is 5.52 Å². The Labute approximate surface area is 175 Å². The third-order valence-corrected chi connectivity index (χ3v) is 5.14. The van der Waals surface area contributed by atoms with Gasteiger partial charge >= 0.3 is 5.97 Å². The molecule has 0 aliphatic carbocycles. The number of methoxy groups -OCH3 is 2. The van der Waals surface area contributed by atoms with Gasteiger partial charge in [-0.2, -0.15) is 0 Å². The van der Waals surface area contributed by atoms with Gasteiger partial charge in [0, 0.05) is 31.2 Å². The van der Waals surface area contributed by atoms with Gasteiger partial charge in [0.2, 0.25) is 0 Å². The molecule has 7 heteroatoms. The lowest BCUT2D eigenvalue weighted by molar-refractivity contribution is 0.0343. The smallest absolute Gasteiger partial charge is 0.343 e. The highest BCUT2D eigenvalue weighted by Gasteiger charge is 2.17. The summed E-state index contributed by atoms with van der Waals surface area (Å²) in [6, 6.07) is 12.6. The first-order valence-electron chi connectivity index (χ1n) is 9.80. The number of hydrogen-bond donors (Lipinski definition) is 0. The second kappa shape index (κ2) is 9.11. The minimum absolute atomic E-state index is 0.370. The van der Waals surface area contributed by atoms with Crippen LogP contribution in [0.15, 0.2) is 48.7 Å². The molecule has 7 nitrogen and oxygen atoms in total. The van der Waals surface area contributed by atoms with Gasteiger partial charge in [-0.3, -0.25) is 9.88 Å². The third-order valence-electron chi connectivity index (χ3n) is 5.14. The first-order chi connectivity index (χ1) is 14.7. The van der Waals surface area contributed by atoms with Crippen molar-refractivity contribution in [3.8, 4) is 17.2 Å². The van der Waals surface area contributed by atoms with Crippen molar-refractivity contribution < 1.29 is 23.7 Å². The number of aromatic nitrogens is 1. The molecule has 0 unspecified atom stereocenters. The van der Waals surface area contributed by atoms with Crippen LogP contribution in [0.25, 0.3) is 10.9 Å². The number of hydrogen-bond acceptors (Lipinski definition) is 7. The fraction of sp³-hybridized carbons (Fsp3) is 0.304. The molecule has 2 heterocycles. The van der Waals surface area contributed by atoms with E-state index in [4.69, 9.17) is 18.9 Å². The number of pyridine rings is 1. The predicted molar refractivity (Wildman–Crippen MR) is 112 cm³/mol. The highest BCUT2D eigenvalue weighted by molar-refractivity contribution is 5.95. The molecule has 0 N–H and O–H groups in total. The van der Waals surface area contributed by atoms with Gasteiger partial charge in [0.15, 0.2) is 17.2 Å². The van der Waals surface area contributed by atoms with Crippen LogP contribution in [0.5, 0.6) is 17.2 Å². The van der Waals surface area contributed by atoms with Crippen LogP contribution >= 0.6 is 0 Å². The average Bonchev–Trinajstić information content (AvgIpc) is 2.80. The molecule has 1 aliphatic heterocycles. The Kier molecular flexibility index (Phi) is 6.11. The average molecular weight is 408 g/mol.